The monoisotopic (exact) mass is 294 g/mol. The lowest BCUT2D eigenvalue weighted by Crippen LogP contribution is -1.97. The van der Waals surface area contributed by atoms with E-state index in [1.54, 1.807) is 18.2 Å². The highest BCUT2D eigenvalue weighted by molar-refractivity contribution is 9.11. The zero-order valence-corrected chi connectivity index (χ0v) is 10.4. The third-order valence-corrected chi connectivity index (χ3v) is 2.62. The molecule has 0 aliphatic carbocycles. The van der Waals surface area contributed by atoms with Gasteiger partial charge in [-0.3, -0.25) is 0 Å². The minimum atomic E-state index is -0.647. The second-order valence-electron chi connectivity index (χ2n) is 2.90. The molecule has 1 aromatic carbocycles. The Hall–Kier alpha value is -0.0200. The Morgan fingerprint density at radius 2 is 2.14 bits per heavy atom. The summed E-state index contributed by atoms with van der Waals surface area (Å²) in [6.07, 6.45) is -0.215. The van der Waals surface area contributed by atoms with Gasteiger partial charge in [0.15, 0.2) is 0 Å². The first-order valence-electron chi connectivity index (χ1n) is 3.97. The van der Waals surface area contributed by atoms with Gasteiger partial charge in [-0.25, -0.2) is 0 Å². The molecular weight excluding hydrogens is 287 g/mol. The van der Waals surface area contributed by atoms with Crippen LogP contribution in [0.4, 0.5) is 0 Å². The van der Waals surface area contributed by atoms with Crippen LogP contribution in [-0.2, 0) is 0 Å². The molecular formula is C10H9BrCl2O. The van der Waals surface area contributed by atoms with Crippen molar-refractivity contribution in [2.75, 3.05) is 0 Å². The summed E-state index contributed by atoms with van der Waals surface area (Å²) in [6, 6.07) is 5.02. The summed E-state index contributed by atoms with van der Waals surface area (Å²) in [5.41, 5.74) is 0.664. The van der Waals surface area contributed by atoms with E-state index in [4.69, 9.17) is 23.2 Å². The average molecular weight is 296 g/mol. The lowest BCUT2D eigenvalue weighted by Gasteiger charge is -2.11. The minimum absolute atomic E-state index is 0.432. The molecule has 1 N–H and O–H groups in total. The normalized spacial score (nSPS) is 12.6. The predicted octanol–water partition coefficient (Wildman–Crippen LogP) is 4.33. The van der Waals surface area contributed by atoms with E-state index in [-0.39, 0.29) is 0 Å². The molecule has 0 fully saturated rings. The molecule has 0 unspecified atom stereocenters. The van der Waals surface area contributed by atoms with Crippen LogP contribution in [0, 0.1) is 0 Å². The maximum atomic E-state index is 9.74. The SMILES string of the molecule is C=C(Br)C[C@H](O)c1ccc(Cl)cc1Cl. The summed E-state index contributed by atoms with van der Waals surface area (Å²) in [5.74, 6) is 0. The highest BCUT2D eigenvalue weighted by atomic mass is 79.9. The molecule has 0 aliphatic heterocycles. The Kier molecular flexibility index (Phi) is 4.45. The molecule has 1 nitrogen and oxygen atoms in total. The van der Waals surface area contributed by atoms with Crippen molar-refractivity contribution >= 4 is 39.1 Å². The molecule has 14 heavy (non-hydrogen) atoms. The van der Waals surface area contributed by atoms with Crippen molar-refractivity contribution in [3.05, 3.63) is 44.9 Å². The van der Waals surface area contributed by atoms with E-state index in [0.29, 0.717) is 22.0 Å². The maximum absolute atomic E-state index is 9.74. The van der Waals surface area contributed by atoms with Gasteiger partial charge >= 0.3 is 0 Å². The second kappa shape index (κ2) is 5.17. The molecule has 0 saturated carbocycles. The molecule has 0 heterocycles. The first-order chi connectivity index (χ1) is 6.50. The van der Waals surface area contributed by atoms with Crippen LogP contribution in [0.2, 0.25) is 10.0 Å². The minimum Gasteiger partial charge on any atom is -0.388 e. The average Bonchev–Trinajstić information content (AvgIpc) is 2.01. The number of benzene rings is 1. The summed E-state index contributed by atoms with van der Waals surface area (Å²) >= 11 is 14.8. The molecule has 1 aromatic rings. The number of hydrogen-bond donors (Lipinski definition) is 1. The van der Waals surface area contributed by atoms with Crippen LogP contribution in [0.15, 0.2) is 29.3 Å². The van der Waals surface area contributed by atoms with Crippen LogP contribution in [0.3, 0.4) is 0 Å². The second-order valence-corrected chi connectivity index (χ2v) is 4.87. The Morgan fingerprint density at radius 3 is 2.64 bits per heavy atom. The van der Waals surface area contributed by atoms with Gasteiger partial charge in [0.05, 0.1) is 6.10 Å². The number of halogens is 3. The third-order valence-electron chi connectivity index (χ3n) is 1.74. The van der Waals surface area contributed by atoms with E-state index >= 15 is 0 Å². The zero-order chi connectivity index (χ0) is 10.7. The molecule has 0 aliphatic rings. The summed E-state index contributed by atoms with van der Waals surface area (Å²) in [4.78, 5) is 0. The maximum Gasteiger partial charge on any atom is 0.0849 e. The summed E-state index contributed by atoms with van der Waals surface area (Å²) in [7, 11) is 0. The van der Waals surface area contributed by atoms with Crippen molar-refractivity contribution in [1.82, 2.24) is 0 Å². The Morgan fingerprint density at radius 1 is 1.50 bits per heavy atom. The van der Waals surface area contributed by atoms with Gasteiger partial charge in [0.1, 0.15) is 0 Å². The van der Waals surface area contributed by atoms with Crippen LogP contribution in [0.5, 0.6) is 0 Å². The van der Waals surface area contributed by atoms with E-state index in [1.165, 1.54) is 0 Å². The van der Waals surface area contributed by atoms with Gasteiger partial charge in [-0.2, -0.15) is 0 Å². The number of aliphatic hydroxyl groups is 1. The van der Waals surface area contributed by atoms with Crippen LogP contribution >= 0.6 is 39.1 Å². The fourth-order valence-corrected chi connectivity index (χ4v) is 1.93. The lowest BCUT2D eigenvalue weighted by molar-refractivity contribution is 0.181. The lowest BCUT2D eigenvalue weighted by atomic mass is 10.1. The van der Waals surface area contributed by atoms with Crippen molar-refractivity contribution in [3.8, 4) is 0 Å². The van der Waals surface area contributed by atoms with Crippen LogP contribution < -0.4 is 0 Å². The highest BCUT2D eigenvalue weighted by Gasteiger charge is 2.12. The molecule has 0 spiro atoms. The number of rotatable bonds is 3. The smallest absolute Gasteiger partial charge is 0.0849 e. The molecule has 0 amide bonds. The molecule has 0 aromatic heterocycles. The van der Waals surface area contributed by atoms with E-state index in [0.717, 1.165) is 4.48 Å². The van der Waals surface area contributed by atoms with Crippen molar-refractivity contribution in [2.24, 2.45) is 0 Å². The van der Waals surface area contributed by atoms with Crippen molar-refractivity contribution in [3.63, 3.8) is 0 Å². The zero-order valence-electron chi connectivity index (χ0n) is 7.30. The fraction of sp³-hybridized carbons (Fsp3) is 0.200. The van der Waals surface area contributed by atoms with Gasteiger partial charge in [-0.05, 0) is 22.2 Å². The molecule has 1 atom stereocenters. The Labute approximate surface area is 101 Å². The van der Waals surface area contributed by atoms with Crippen molar-refractivity contribution in [2.45, 2.75) is 12.5 Å². The van der Waals surface area contributed by atoms with Gasteiger partial charge < -0.3 is 5.11 Å². The van der Waals surface area contributed by atoms with E-state index < -0.39 is 6.10 Å². The predicted molar refractivity (Wildman–Crippen MR) is 64.1 cm³/mol. The quantitative estimate of drug-likeness (QED) is 0.880. The fourth-order valence-electron chi connectivity index (χ4n) is 1.09. The Balaban J connectivity index is 2.90. The summed E-state index contributed by atoms with van der Waals surface area (Å²) in [6.45, 7) is 3.66. The molecule has 76 valence electrons. The summed E-state index contributed by atoms with van der Waals surface area (Å²) in [5, 5.41) is 10.8. The molecule has 1 rings (SSSR count). The summed E-state index contributed by atoms with van der Waals surface area (Å²) < 4.78 is 0.732. The highest BCUT2D eigenvalue weighted by Crippen LogP contribution is 2.30. The van der Waals surface area contributed by atoms with Gasteiger partial charge in [-0.1, -0.05) is 51.8 Å². The topological polar surface area (TPSA) is 20.2 Å². The van der Waals surface area contributed by atoms with Crippen molar-refractivity contribution < 1.29 is 5.11 Å². The van der Waals surface area contributed by atoms with Gasteiger partial charge in [0, 0.05) is 16.5 Å². The van der Waals surface area contributed by atoms with E-state index in [1.807, 2.05) is 0 Å². The van der Waals surface area contributed by atoms with E-state index in [2.05, 4.69) is 22.5 Å². The van der Waals surface area contributed by atoms with E-state index in [9.17, 15) is 5.11 Å². The van der Waals surface area contributed by atoms with Crippen LogP contribution in [-0.4, -0.2) is 5.11 Å². The first-order valence-corrected chi connectivity index (χ1v) is 5.52. The van der Waals surface area contributed by atoms with Crippen LogP contribution in [0.1, 0.15) is 18.1 Å². The van der Waals surface area contributed by atoms with Crippen LogP contribution in [0.25, 0.3) is 0 Å². The molecule has 4 heteroatoms. The molecule has 0 bridgehead atoms. The van der Waals surface area contributed by atoms with Crippen molar-refractivity contribution in [1.29, 1.82) is 0 Å². The third kappa shape index (κ3) is 3.28. The number of hydrogen-bond acceptors (Lipinski definition) is 1. The Bertz CT molecular complexity index is 352. The van der Waals surface area contributed by atoms with Gasteiger partial charge in [0.2, 0.25) is 0 Å². The standard InChI is InChI=1S/C10H9BrCl2O/c1-6(11)4-10(14)8-3-2-7(12)5-9(8)13/h2-3,5,10,14H,1,4H2/t10-/m0/s1. The molecule has 0 saturated heterocycles. The van der Waals surface area contributed by atoms with Gasteiger partial charge in [0.25, 0.3) is 0 Å². The first kappa shape index (κ1) is 12.1. The number of aliphatic hydroxyl groups excluding tert-OH is 1. The van der Waals surface area contributed by atoms with Gasteiger partial charge in [-0.15, -0.1) is 0 Å². The largest absolute Gasteiger partial charge is 0.388 e. The molecule has 0 radical (unpaired) electrons.